The molecule has 100 valence electrons. The van der Waals surface area contributed by atoms with Gasteiger partial charge in [0.15, 0.2) is 0 Å². The minimum Gasteiger partial charge on any atom is -0.456 e. The molecule has 0 bridgehead atoms. The molecule has 0 aliphatic rings. The third kappa shape index (κ3) is 3.78. The molecule has 5 heteroatoms. The maximum atomic E-state index is 13.2. The van der Waals surface area contributed by atoms with Gasteiger partial charge >= 0.3 is 0 Å². The quantitative estimate of drug-likeness (QED) is 0.781. The molecule has 1 N–H and O–H groups in total. The van der Waals surface area contributed by atoms with Crippen molar-refractivity contribution in [1.29, 1.82) is 0 Å². The molecule has 0 saturated heterocycles. The van der Waals surface area contributed by atoms with Crippen LogP contribution in [0, 0.1) is 5.82 Å². The molecule has 0 amide bonds. The molecule has 2 rings (SSSR count). The van der Waals surface area contributed by atoms with Gasteiger partial charge in [-0.05, 0) is 52.7 Å². The second kappa shape index (κ2) is 6.03. The first kappa shape index (κ1) is 14.5. The molecule has 0 aliphatic carbocycles. The lowest BCUT2D eigenvalue weighted by Gasteiger charge is -2.11. The smallest absolute Gasteiger partial charge is 0.141 e. The van der Waals surface area contributed by atoms with Gasteiger partial charge in [0, 0.05) is 10.5 Å². The van der Waals surface area contributed by atoms with Crippen molar-refractivity contribution in [3.63, 3.8) is 0 Å². The van der Waals surface area contributed by atoms with Crippen LogP contribution >= 0.6 is 31.9 Å². The van der Waals surface area contributed by atoms with Gasteiger partial charge in [0.2, 0.25) is 0 Å². The van der Waals surface area contributed by atoms with E-state index in [0.717, 1.165) is 5.56 Å². The van der Waals surface area contributed by atoms with E-state index in [-0.39, 0.29) is 5.82 Å². The Balaban J connectivity index is 2.28. The van der Waals surface area contributed by atoms with Crippen LogP contribution in [-0.4, -0.2) is 5.11 Å². The average Bonchev–Trinajstić information content (AvgIpc) is 2.30. The lowest BCUT2D eigenvalue weighted by molar-refractivity contribution is 0.199. The summed E-state index contributed by atoms with van der Waals surface area (Å²) in [4.78, 5) is 0. The zero-order valence-electron chi connectivity index (χ0n) is 10.0. The van der Waals surface area contributed by atoms with Crippen molar-refractivity contribution >= 4 is 31.9 Å². The molecule has 0 saturated carbocycles. The first-order valence-electron chi connectivity index (χ1n) is 5.57. The lowest BCUT2D eigenvalue weighted by Crippen LogP contribution is -1.92. The van der Waals surface area contributed by atoms with E-state index in [1.54, 1.807) is 31.2 Å². The predicted octanol–water partition coefficient (Wildman–Crippen LogP) is 5.20. The Hall–Kier alpha value is -0.910. The average molecular weight is 390 g/mol. The largest absolute Gasteiger partial charge is 0.456 e. The number of aliphatic hydroxyl groups is 1. The van der Waals surface area contributed by atoms with Crippen molar-refractivity contribution in [2.45, 2.75) is 13.0 Å². The van der Waals surface area contributed by atoms with Crippen LogP contribution in [0.4, 0.5) is 4.39 Å². The summed E-state index contributed by atoms with van der Waals surface area (Å²) >= 11 is 6.58. The second-order valence-electron chi connectivity index (χ2n) is 4.07. The maximum Gasteiger partial charge on any atom is 0.141 e. The molecule has 0 radical (unpaired) electrons. The number of halogens is 3. The van der Waals surface area contributed by atoms with Gasteiger partial charge in [0.05, 0.1) is 10.6 Å². The molecule has 0 aliphatic heterocycles. The Labute approximate surface area is 127 Å². The number of benzene rings is 2. The molecule has 19 heavy (non-hydrogen) atoms. The van der Waals surface area contributed by atoms with Gasteiger partial charge < -0.3 is 9.84 Å². The molecule has 2 nitrogen and oxygen atoms in total. The predicted molar refractivity (Wildman–Crippen MR) is 78.9 cm³/mol. The summed E-state index contributed by atoms with van der Waals surface area (Å²) < 4.78 is 20.2. The van der Waals surface area contributed by atoms with Crippen molar-refractivity contribution in [3.8, 4) is 11.5 Å². The number of rotatable bonds is 3. The lowest BCUT2D eigenvalue weighted by atomic mass is 10.1. The van der Waals surface area contributed by atoms with Crippen molar-refractivity contribution in [2.75, 3.05) is 0 Å². The fourth-order valence-corrected chi connectivity index (χ4v) is 2.50. The Morgan fingerprint density at radius 1 is 1.16 bits per heavy atom. The SMILES string of the molecule is C[C@@H](O)c1ccc(Oc2cc(F)cc(Br)c2)c(Br)c1. The Kier molecular flexibility index (Phi) is 4.60. The van der Waals surface area contributed by atoms with Crippen molar-refractivity contribution in [1.82, 2.24) is 0 Å². The van der Waals surface area contributed by atoms with Crippen LogP contribution in [-0.2, 0) is 0 Å². The highest BCUT2D eigenvalue weighted by Gasteiger charge is 2.08. The summed E-state index contributed by atoms with van der Waals surface area (Å²) in [5.41, 5.74) is 0.777. The Bertz CT molecular complexity index is 580. The van der Waals surface area contributed by atoms with Crippen LogP contribution in [0.5, 0.6) is 11.5 Å². The first-order chi connectivity index (χ1) is 8.95. The van der Waals surface area contributed by atoms with Crippen LogP contribution in [0.1, 0.15) is 18.6 Å². The third-order valence-corrected chi connectivity index (χ3v) is 3.58. The fourth-order valence-electron chi connectivity index (χ4n) is 1.57. The number of aliphatic hydroxyl groups excluding tert-OH is 1. The molecule has 1 atom stereocenters. The normalized spacial score (nSPS) is 12.3. The molecule has 0 fully saturated rings. The Morgan fingerprint density at radius 3 is 2.47 bits per heavy atom. The minimum atomic E-state index is -0.548. The standard InChI is InChI=1S/C14H11Br2FO2/c1-8(18)9-2-3-14(13(16)4-9)19-12-6-10(15)5-11(17)7-12/h2-8,18H,1H3/t8-/m1/s1. The molecule has 0 heterocycles. The number of hydrogen-bond donors (Lipinski definition) is 1. The van der Waals surface area contributed by atoms with Crippen molar-refractivity contribution < 1.29 is 14.2 Å². The van der Waals surface area contributed by atoms with E-state index in [2.05, 4.69) is 31.9 Å². The van der Waals surface area contributed by atoms with Crippen LogP contribution in [0.2, 0.25) is 0 Å². The van der Waals surface area contributed by atoms with Gasteiger partial charge in [-0.15, -0.1) is 0 Å². The Morgan fingerprint density at radius 2 is 1.89 bits per heavy atom. The molecular formula is C14H11Br2FO2. The first-order valence-corrected chi connectivity index (χ1v) is 7.16. The van der Waals surface area contributed by atoms with E-state index in [9.17, 15) is 9.50 Å². The third-order valence-electron chi connectivity index (χ3n) is 2.50. The molecule has 0 spiro atoms. The molecule has 0 unspecified atom stereocenters. The second-order valence-corrected chi connectivity index (χ2v) is 5.84. The van der Waals surface area contributed by atoms with Gasteiger partial charge in [0.25, 0.3) is 0 Å². The van der Waals surface area contributed by atoms with Crippen LogP contribution in [0.25, 0.3) is 0 Å². The summed E-state index contributed by atoms with van der Waals surface area (Å²) in [6.07, 6.45) is -0.548. The summed E-state index contributed by atoms with van der Waals surface area (Å²) in [5.74, 6) is 0.584. The van der Waals surface area contributed by atoms with Crippen LogP contribution in [0.15, 0.2) is 45.3 Å². The zero-order chi connectivity index (χ0) is 14.0. The molecular weight excluding hydrogens is 379 g/mol. The van der Waals surface area contributed by atoms with E-state index in [4.69, 9.17) is 4.74 Å². The summed E-state index contributed by atoms with van der Waals surface area (Å²) in [6, 6.07) is 9.61. The highest BCUT2D eigenvalue weighted by Crippen LogP contribution is 2.33. The van der Waals surface area contributed by atoms with Crippen molar-refractivity contribution in [2.24, 2.45) is 0 Å². The number of hydrogen-bond acceptors (Lipinski definition) is 2. The highest BCUT2D eigenvalue weighted by molar-refractivity contribution is 9.10. The van der Waals surface area contributed by atoms with Crippen LogP contribution < -0.4 is 4.74 Å². The van der Waals surface area contributed by atoms with Gasteiger partial charge in [0.1, 0.15) is 17.3 Å². The van der Waals surface area contributed by atoms with E-state index < -0.39 is 6.10 Å². The monoisotopic (exact) mass is 388 g/mol. The van der Waals surface area contributed by atoms with E-state index in [0.29, 0.717) is 20.4 Å². The van der Waals surface area contributed by atoms with Gasteiger partial charge in [-0.25, -0.2) is 4.39 Å². The summed E-state index contributed by atoms with van der Waals surface area (Å²) in [5, 5.41) is 9.48. The van der Waals surface area contributed by atoms with E-state index >= 15 is 0 Å². The fraction of sp³-hybridized carbons (Fsp3) is 0.143. The van der Waals surface area contributed by atoms with Gasteiger partial charge in [-0.2, -0.15) is 0 Å². The topological polar surface area (TPSA) is 29.5 Å². The minimum absolute atomic E-state index is 0.374. The highest BCUT2D eigenvalue weighted by atomic mass is 79.9. The van der Waals surface area contributed by atoms with E-state index in [1.165, 1.54) is 12.1 Å². The van der Waals surface area contributed by atoms with E-state index in [1.807, 2.05) is 0 Å². The van der Waals surface area contributed by atoms with Gasteiger partial charge in [-0.1, -0.05) is 22.0 Å². The maximum absolute atomic E-state index is 13.2. The van der Waals surface area contributed by atoms with Gasteiger partial charge in [-0.3, -0.25) is 0 Å². The summed E-state index contributed by atoms with van der Waals surface area (Å²) in [6.45, 7) is 1.69. The summed E-state index contributed by atoms with van der Waals surface area (Å²) in [7, 11) is 0. The van der Waals surface area contributed by atoms with Crippen molar-refractivity contribution in [3.05, 3.63) is 56.7 Å². The zero-order valence-corrected chi connectivity index (χ0v) is 13.2. The van der Waals surface area contributed by atoms with Crippen LogP contribution in [0.3, 0.4) is 0 Å². The molecule has 2 aromatic carbocycles. The number of ether oxygens (including phenoxy) is 1. The molecule has 2 aromatic rings. The molecule has 0 aromatic heterocycles.